The molecule has 1 fully saturated rings. The second-order valence-corrected chi connectivity index (χ2v) is 7.92. The van der Waals surface area contributed by atoms with Crippen molar-refractivity contribution in [1.29, 1.82) is 0 Å². The highest BCUT2D eigenvalue weighted by Crippen LogP contribution is 2.23. The van der Waals surface area contributed by atoms with Gasteiger partial charge in [0, 0.05) is 26.2 Å². The monoisotopic (exact) mass is 468 g/mol. The van der Waals surface area contributed by atoms with Crippen molar-refractivity contribution in [3.05, 3.63) is 29.3 Å². The predicted octanol–water partition coefficient (Wildman–Crippen LogP) is 0.299. The summed E-state index contributed by atoms with van der Waals surface area (Å²) in [4.78, 5) is 62.1. The molecular weight excluding hydrogens is 442 g/mol. The fraction of sp³-hybridized carbons (Fsp3) is 0.476. The molecule has 1 aliphatic heterocycles. The predicted molar refractivity (Wildman–Crippen MR) is 113 cm³/mol. The summed E-state index contributed by atoms with van der Waals surface area (Å²) >= 11 is 0. The number of carboxylic acids is 1. The van der Waals surface area contributed by atoms with E-state index in [1.807, 2.05) is 0 Å². The van der Waals surface area contributed by atoms with E-state index in [4.69, 9.17) is 5.11 Å². The van der Waals surface area contributed by atoms with Crippen molar-refractivity contribution in [2.75, 3.05) is 25.5 Å². The first-order valence-corrected chi connectivity index (χ1v) is 10.2. The molecule has 0 spiro atoms. The first-order chi connectivity index (χ1) is 15.5. The molecule has 3 atom stereocenters. The number of carboxylic acid groups (broad SMARTS) is 1. The molecule has 1 saturated heterocycles. The molecule has 1 aromatic carbocycles. The van der Waals surface area contributed by atoms with Gasteiger partial charge in [-0.2, -0.15) is 0 Å². The number of likely N-dealkylation sites (tertiary alicyclic amines) is 1. The van der Waals surface area contributed by atoms with Gasteiger partial charge >= 0.3 is 5.97 Å². The Hall–Kier alpha value is -3.57. The highest BCUT2D eigenvalue weighted by atomic mass is 19.1. The summed E-state index contributed by atoms with van der Waals surface area (Å²) in [5.41, 5.74) is -0.619. The summed E-state index contributed by atoms with van der Waals surface area (Å²) in [6.07, 6.45) is 0.481. The SMILES string of the molecule is C[C@H](NC(=O)c1cc(F)c(N(C)C)c(F)c1)C(=O)N1CCCC1C(=O)N[C@H](C=O)CC(=O)O. The normalized spacial score (nSPS) is 17.1. The molecule has 12 heteroatoms. The van der Waals surface area contributed by atoms with Gasteiger partial charge in [0.05, 0.1) is 12.5 Å². The highest BCUT2D eigenvalue weighted by Gasteiger charge is 2.37. The van der Waals surface area contributed by atoms with Crippen LogP contribution >= 0.6 is 0 Å². The number of aliphatic carboxylic acids is 1. The van der Waals surface area contributed by atoms with Gasteiger partial charge < -0.3 is 30.3 Å². The van der Waals surface area contributed by atoms with Crippen LogP contribution in [0.5, 0.6) is 0 Å². The smallest absolute Gasteiger partial charge is 0.305 e. The lowest BCUT2D eigenvalue weighted by Crippen LogP contribution is -2.54. The Balaban J connectivity index is 2.07. The number of rotatable bonds is 9. The zero-order chi connectivity index (χ0) is 24.9. The van der Waals surface area contributed by atoms with Gasteiger partial charge in [-0.15, -0.1) is 0 Å². The Morgan fingerprint density at radius 3 is 2.33 bits per heavy atom. The van der Waals surface area contributed by atoms with Gasteiger partial charge in [0.1, 0.15) is 35.7 Å². The van der Waals surface area contributed by atoms with Crippen LogP contribution in [0, 0.1) is 11.6 Å². The Labute approximate surface area is 188 Å². The second-order valence-electron chi connectivity index (χ2n) is 7.92. The minimum Gasteiger partial charge on any atom is -0.481 e. The van der Waals surface area contributed by atoms with Crippen LogP contribution in [0.15, 0.2) is 12.1 Å². The van der Waals surface area contributed by atoms with Crippen molar-refractivity contribution >= 4 is 35.7 Å². The van der Waals surface area contributed by atoms with Gasteiger partial charge in [0.25, 0.3) is 5.91 Å². The molecule has 33 heavy (non-hydrogen) atoms. The average Bonchev–Trinajstić information content (AvgIpc) is 3.21. The first-order valence-electron chi connectivity index (χ1n) is 10.2. The number of halogens is 2. The topological polar surface area (TPSA) is 136 Å². The quantitative estimate of drug-likeness (QED) is 0.444. The number of carbonyl (C=O) groups is 5. The Morgan fingerprint density at radius 1 is 1.21 bits per heavy atom. The second kappa shape index (κ2) is 10.8. The lowest BCUT2D eigenvalue weighted by atomic mass is 10.1. The molecule has 2 rings (SSSR count). The molecule has 1 heterocycles. The average molecular weight is 468 g/mol. The van der Waals surface area contributed by atoms with Crippen molar-refractivity contribution in [2.24, 2.45) is 0 Å². The van der Waals surface area contributed by atoms with Gasteiger partial charge in [0.15, 0.2) is 0 Å². The minimum absolute atomic E-state index is 0.211. The molecule has 0 aromatic heterocycles. The van der Waals surface area contributed by atoms with E-state index in [0.717, 1.165) is 12.1 Å². The maximum Gasteiger partial charge on any atom is 0.305 e. The van der Waals surface area contributed by atoms with E-state index >= 15 is 0 Å². The van der Waals surface area contributed by atoms with Gasteiger partial charge in [0.2, 0.25) is 11.8 Å². The Bertz CT molecular complexity index is 932. The van der Waals surface area contributed by atoms with Crippen LogP contribution in [0.25, 0.3) is 0 Å². The zero-order valence-electron chi connectivity index (χ0n) is 18.4. The standard InChI is InChI=1S/C21H26F2N4O6/c1-11(24-19(31)12-7-14(22)18(26(2)3)15(23)8-12)21(33)27-6-4-5-16(27)20(32)25-13(10-28)9-17(29)30/h7-8,10-11,13,16H,4-6,9H2,1-3H3,(H,24,31)(H,25,32)(H,29,30)/t11-,13-,16?/m0/s1. The van der Waals surface area contributed by atoms with E-state index in [0.29, 0.717) is 19.1 Å². The van der Waals surface area contributed by atoms with Crippen LogP contribution in [0.1, 0.15) is 36.5 Å². The molecule has 1 aromatic rings. The van der Waals surface area contributed by atoms with E-state index in [-0.39, 0.29) is 17.8 Å². The number of hydrogen-bond donors (Lipinski definition) is 3. The molecule has 0 aliphatic carbocycles. The van der Waals surface area contributed by atoms with Crippen LogP contribution in [-0.4, -0.2) is 78.7 Å². The van der Waals surface area contributed by atoms with Crippen LogP contribution in [0.2, 0.25) is 0 Å². The molecule has 0 saturated carbocycles. The first kappa shape index (κ1) is 25.7. The Morgan fingerprint density at radius 2 is 1.82 bits per heavy atom. The van der Waals surface area contributed by atoms with Crippen LogP contribution in [-0.2, 0) is 19.2 Å². The molecule has 10 nitrogen and oxygen atoms in total. The molecule has 3 N–H and O–H groups in total. The van der Waals surface area contributed by atoms with Gasteiger partial charge in [-0.05, 0) is 31.9 Å². The molecule has 180 valence electrons. The zero-order valence-corrected chi connectivity index (χ0v) is 18.4. The number of nitrogens with one attached hydrogen (secondary N) is 2. The van der Waals surface area contributed by atoms with Crippen molar-refractivity contribution < 1.29 is 37.9 Å². The number of anilines is 1. The number of nitrogens with zero attached hydrogens (tertiary/aromatic N) is 2. The molecule has 3 amide bonds. The van der Waals surface area contributed by atoms with E-state index in [1.54, 1.807) is 0 Å². The number of aldehydes is 1. The summed E-state index contributed by atoms with van der Waals surface area (Å²) in [7, 11) is 2.90. The fourth-order valence-electron chi connectivity index (χ4n) is 3.62. The number of benzene rings is 1. The van der Waals surface area contributed by atoms with Crippen molar-refractivity contribution in [3.8, 4) is 0 Å². The van der Waals surface area contributed by atoms with E-state index in [2.05, 4.69) is 10.6 Å². The van der Waals surface area contributed by atoms with E-state index in [1.165, 1.54) is 30.8 Å². The van der Waals surface area contributed by atoms with Gasteiger partial charge in [-0.3, -0.25) is 19.2 Å². The molecule has 0 radical (unpaired) electrons. The molecule has 1 aliphatic rings. The van der Waals surface area contributed by atoms with Crippen molar-refractivity contribution in [2.45, 2.75) is 44.3 Å². The van der Waals surface area contributed by atoms with Crippen LogP contribution in [0.4, 0.5) is 14.5 Å². The lowest BCUT2D eigenvalue weighted by molar-refractivity contribution is -0.141. The Kier molecular flexibility index (Phi) is 8.44. The van der Waals surface area contributed by atoms with Crippen LogP contribution < -0.4 is 15.5 Å². The summed E-state index contributed by atoms with van der Waals surface area (Å²) in [6.45, 7) is 1.58. The van der Waals surface area contributed by atoms with E-state index in [9.17, 15) is 32.8 Å². The van der Waals surface area contributed by atoms with Crippen LogP contribution in [0.3, 0.4) is 0 Å². The summed E-state index contributed by atoms with van der Waals surface area (Å²) < 4.78 is 28.3. The summed E-state index contributed by atoms with van der Waals surface area (Å²) in [5.74, 6) is -5.30. The van der Waals surface area contributed by atoms with Crippen molar-refractivity contribution in [3.63, 3.8) is 0 Å². The number of hydrogen-bond acceptors (Lipinski definition) is 6. The third-order valence-corrected chi connectivity index (χ3v) is 5.17. The molecule has 0 bridgehead atoms. The minimum atomic E-state index is -1.27. The van der Waals surface area contributed by atoms with Gasteiger partial charge in [-0.25, -0.2) is 8.78 Å². The maximum atomic E-state index is 14.2. The highest BCUT2D eigenvalue weighted by molar-refractivity contribution is 5.99. The molecular formula is C21H26F2N4O6. The van der Waals surface area contributed by atoms with E-state index < -0.39 is 59.9 Å². The third kappa shape index (κ3) is 6.24. The summed E-state index contributed by atoms with van der Waals surface area (Å²) in [6, 6.07) is -1.58. The fourth-order valence-corrected chi connectivity index (χ4v) is 3.62. The third-order valence-electron chi connectivity index (χ3n) is 5.17. The number of amides is 3. The van der Waals surface area contributed by atoms with Gasteiger partial charge in [-0.1, -0.05) is 0 Å². The molecule has 1 unspecified atom stereocenters. The lowest BCUT2D eigenvalue weighted by Gasteiger charge is -2.28. The largest absolute Gasteiger partial charge is 0.481 e. The summed E-state index contributed by atoms with van der Waals surface area (Å²) in [5, 5.41) is 13.5. The number of carbonyl (C=O) groups excluding carboxylic acids is 4. The maximum absolute atomic E-state index is 14.2. The van der Waals surface area contributed by atoms with Crippen molar-refractivity contribution in [1.82, 2.24) is 15.5 Å².